The monoisotopic (exact) mass is 1090 g/mol. The van der Waals surface area contributed by atoms with Crippen LogP contribution in [0.5, 0.6) is 0 Å². The molecule has 0 aromatic rings. The molecule has 6 atom stereocenters. The van der Waals surface area contributed by atoms with Gasteiger partial charge in [0, 0.05) is 14.2 Å². The molecule has 0 spiro atoms. The molecular formula is C53H106NO15P2Si+. The van der Waals surface area contributed by atoms with E-state index in [1.165, 1.54) is 59.7 Å². The van der Waals surface area contributed by atoms with Crippen molar-refractivity contribution in [2.24, 2.45) is 21.7 Å². The molecule has 19 heteroatoms. The minimum atomic E-state index is -3.32. The average Bonchev–Trinajstić information content (AvgIpc) is 3.33. The van der Waals surface area contributed by atoms with E-state index in [2.05, 4.69) is 15.5 Å². The van der Waals surface area contributed by atoms with Crippen LogP contribution in [0.15, 0.2) is 0 Å². The van der Waals surface area contributed by atoms with Crippen molar-refractivity contribution < 1.29 is 75.6 Å². The fourth-order valence-corrected chi connectivity index (χ4v) is 11.5. The predicted molar refractivity (Wildman–Crippen MR) is 290 cm³/mol. The SMILES string of the molecule is CCCCCCCCCCCCOC(=O)C(C)(CCC(C)(CCCC)C(=O)OCCOP(O)(=P)OCC[N+](C)(C)C)CCC(C)(CCC(C)(CCC)C(=O)OCCC[Si](CO)(OC)OC)C(=O)OCC(C)O. The van der Waals surface area contributed by atoms with E-state index >= 15 is 0 Å². The number of quaternary nitrogens is 1. The molecule has 0 heterocycles. The lowest BCUT2D eigenvalue weighted by Gasteiger charge is -2.37. The Hall–Kier alpha value is -1.49. The first-order valence-corrected chi connectivity index (χ1v) is 32.4. The van der Waals surface area contributed by atoms with Crippen LogP contribution in [-0.4, -0.2) is 146 Å². The van der Waals surface area contributed by atoms with E-state index in [1.54, 1.807) is 6.92 Å². The van der Waals surface area contributed by atoms with Crippen molar-refractivity contribution in [1.29, 1.82) is 0 Å². The van der Waals surface area contributed by atoms with Crippen molar-refractivity contribution >= 4 is 48.2 Å². The molecule has 0 saturated heterocycles. The summed E-state index contributed by atoms with van der Waals surface area (Å²) in [6, 6.07) is 0.437. The lowest BCUT2D eigenvalue weighted by atomic mass is 9.68. The fraction of sp³-hybridized carbons (Fsp3) is 0.925. The molecule has 6 unspecified atom stereocenters. The molecule has 0 aliphatic carbocycles. The van der Waals surface area contributed by atoms with Crippen LogP contribution in [0.3, 0.4) is 0 Å². The van der Waals surface area contributed by atoms with E-state index in [-0.39, 0.29) is 78.0 Å². The van der Waals surface area contributed by atoms with Gasteiger partial charge in [-0.15, -0.1) is 0 Å². The van der Waals surface area contributed by atoms with E-state index in [9.17, 15) is 34.3 Å². The Morgan fingerprint density at radius 3 is 1.35 bits per heavy atom. The maximum Gasteiger partial charge on any atom is 0.364 e. The molecule has 72 heavy (non-hydrogen) atoms. The summed E-state index contributed by atoms with van der Waals surface area (Å²) in [6.45, 7) is 16.0. The highest BCUT2D eigenvalue weighted by molar-refractivity contribution is 7.88. The maximum atomic E-state index is 14.5. The fourth-order valence-electron chi connectivity index (χ4n) is 8.51. The van der Waals surface area contributed by atoms with Crippen molar-refractivity contribution in [1.82, 2.24) is 0 Å². The van der Waals surface area contributed by atoms with Gasteiger partial charge < -0.3 is 56.4 Å². The first-order valence-electron chi connectivity index (χ1n) is 27.3. The van der Waals surface area contributed by atoms with Crippen LogP contribution in [0.2, 0.25) is 6.04 Å². The Balaban J connectivity index is 6.54. The molecular weight excluding hydrogens is 981 g/mol. The number of hydrogen-bond acceptors (Lipinski definition) is 14. The number of carbonyl (C=O) groups excluding carboxylic acids is 4. The third kappa shape index (κ3) is 29.1. The standard InChI is InChI=1S/C53H106NO15P2Si/c1-14-17-19-20-21-22-23-24-25-26-37-64-48(59)52(7,33-31-51(6,29-18-15-2)47(58)66-40-41-69-71(61,70)68-39-36-54(9,10)11)34-35-53(8,49(60)67-43-45(4)56)32-30-50(5,28-16-3)46(57)65-38-27-42-72(44-55,62-12)63-13/h45,55-56,61,70H,14-44H2,1-13H3/q+1. The number of aliphatic hydroxyl groups is 2. The molecule has 0 aliphatic rings. The molecule has 0 aromatic carbocycles. The summed E-state index contributed by atoms with van der Waals surface area (Å²) < 4.78 is 46.2. The van der Waals surface area contributed by atoms with Crippen LogP contribution >= 0.6 is 15.8 Å². The number of rotatable bonds is 46. The lowest BCUT2D eigenvalue weighted by Crippen LogP contribution is -2.44. The topological polar surface area (TPSA) is 203 Å². The minimum absolute atomic E-state index is 0.0923. The van der Waals surface area contributed by atoms with Crippen LogP contribution in [0.1, 0.15) is 197 Å². The van der Waals surface area contributed by atoms with Crippen LogP contribution in [-0.2, 0) is 56.0 Å². The molecule has 16 nitrogen and oxygen atoms in total. The van der Waals surface area contributed by atoms with Gasteiger partial charge in [-0.25, -0.2) is 0 Å². The number of esters is 4. The lowest BCUT2D eigenvalue weighted by molar-refractivity contribution is -0.870. The predicted octanol–water partition coefficient (Wildman–Crippen LogP) is 11.0. The Morgan fingerprint density at radius 2 is 0.931 bits per heavy atom. The molecule has 0 bridgehead atoms. The van der Waals surface area contributed by atoms with Crippen LogP contribution in [0.25, 0.3) is 0 Å². The summed E-state index contributed by atoms with van der Waals surface area (Å²) in [5.74, 6) is -1.79. The van der Waals surface area contributed by atoms with Crippen molar-refractivity contribution in [2.45, 2.75) is 209 Å². The smallest absolute Gasteiger partial charge is 0.364 e. The van der Waals surface area contributed by atoms with Gasteiger partial charge >= 0.3 is 32.4 Å². The van der Waals surface area contributed by atoms with E-state index in [0.29, 0.717) is 49.2 Å². The molecule has 0 amide bonds. The number of likely N-dealkylation sites (N-methyl/N-ethyl adjacent to an activating group) is 1. The van der Waals surface area contributed by atoms with E-state index in [4.69, 9.17) is 36.8 Å². The summed E-state index contributed by atoms with van der Waals surface area (Å²) in [5, 5.41) is 20.0. The first-order chi connectivity index (χ1) is 33.7. The summed E-state index contributed by atoms with van der Waals surface area (Å²) in [5.41, 5.74) is -4.26. The van der Waals surface area contributed by atoms with Crippen molar-refractivity contribution in [3.63, 3.8) is 0 Å². The second kappa shape index (κ2) is 36.5. The number of nitrogens with zero attached hydrogens (tertiary/aromatic N) is 1. The normalized spacial score (nSPS) is 16.8. The highest BCUT2D eigenvalue weighted by Crippen LogP contribution is 2.49. The van der Waals surface area contributed by atoms with Gasteiger partial charge in [-0.2, -0.15) is 0 Å². The van der Waals surface area contributed by atoms with Crippen LogP contribution in [0.4, 0.5) is 0 Å². The van der Waals surface area contributed by atoms with Crippen molar-refractivity contribution in [3.05, 3.63) is 0 Å². The Kier molecular flexibility index (Phi) is 35.8. The second-order valence-corrected chi connectivity index (χ2v) is 29.1. The van der Waals surface area contributed by atoms with E-state index < -0.39 is 67.4 Å². The first kappa shape index (κ1) is 70.5. The Bertz CT molecular complexity index is 1560. The van der Waals surface area contributed by atoms with Gasteiger partial charge in [-0.05, 0) is 113 Å². The third-order valence-corrected chi connectivity index (χ3v) is 19.2. The zero-order valence-corrected chi connectivity index (χ0v) is 50.5. The summed E-state index contributed by atoms with van der Waals surface area (Å²) in [7, 11) is 6.15. The van der Waals surface area contributed by atoms with Gasteiger partial charge in [0.1, 0.15) is 26.4 Å². The quantitative estimate of drug-likeness (QED) is 0.0130. The Labute approximate surface area is 440 Å². The van der Waals surface area contributed by atoms with Crippen LogP contribution < -0.4 is 0 Å². The van der Waals surface area contributed by atoms with E-state index in [0.717, 1.165) is 38.5 Å². The van der Waals surface area contributed by atoms with Gasteiger partial charge in [0.05, 0.1) is 75.0 Å². The summed E-state index contributed by atoms with van der Waals surface area (Å²) >= 11 is 0. The maximum absolute atomic E-state index is 14.5. The molecule has 426 valence electrons. The van der Waals surface area contributed by atoms with Gasteiger partial charge in [0.15, 0.2) is 0 Å². The molecule has 3 N–H and O–H groups in total. The second-order valence-electron chi connectivity index (χ2n) is 22.4. The number of hydrogen-bond donors (Lipinski definition) is 3. The summed E-state index contributed by atoms with van der Waals surface area (Å²) in [6.07, 6.45) is 15.4. The molecule has 0 saturated carbocycles. The highest BCUT2D eigenvalue weighted by atomic mass is 31.8. The third-order valence-electron chi connectivity index (χ3n) is 14.3. The van der Waals surface area contributed by atoms with Crippen molar-refractivity contribution in [2.75, 3.05) is 87.8 Å². The zero-order valence-electron chi connectivity index (χ0n) is 47.6. The number of ether oxygens (including phenoxy) is 4. The average molecular weight is 1090 g/mol. The highest BCUT2D eigenvalue weighted by Gasteiger charge is 2.46. The largest absolute Gasteiger partial charge is 0.465 e. The zero-order chi connectivity index (χ0) is 55.0. The summed E-state index contributed by atoms with van der Waals surface area (Å²) in [4.78, 5) is 67.2. The number of unbranched alkanes of at least 4 members (excludes halogenated alkanes) is 10. The van der Waals surface area contributed by atoms with Gasteiger partial charge in [-0.1, -0.05) is 97.8 Å². The van der Waals surface area contributed by atoms with Crippen molar-refractivity contribution in [3.8, 4) is 0 Å². The number of carbonyl (C=O) groups is 4. The molecule has 0 radical (unpaired) electrons. The van der Waals surface area contributed by atoms with Gasteiger partial charge in [0.2, 0.25) is 0 Å². The molecule has 0 rings (SSSR count). The van der Waals surface area contributed by atoms with E-state index in [1.807, 2.05) is 55.8 Å². The molecule has 0 aromatic heterocycles. The van der Waals surface area contributed by atoms with Gasteiger partial charge in [0.25, 0.3) is 7.23 Å². The number of aliphatic hydroxyl groups excluding tert-OH is 2. The van der Waals surface area contributed by atoms with Gasteiger partial charge in [-0.3, -0.25) is 19.2 Å². The Morgan fingerprint density at radius 1 is 0.542 bits per heavy atom. The minimum Gasteiger partial charge on any atom is -0.465 e. The van der Waals surface area contributed by atoms with Crippen LogP contribution in [0, 0.1) is 21.7 Å². The molecule has 0 fully saturated rings. The molecule has 0 aliphatic heterocycles.